The van der Waals surface area contributed by atoms with Crippen molar-refractivity contribution in [3.8, 4) is 17.2 Å². The molecule has 2 N–H and O–H groups in total. The predicted molar refractivity (Wildman–Crippen MR) is 92.0 cm³/mol. The lowest BCUT2D eigenvalue weighted by Gasteiger charge is -2.11. The van der Waals surface area contributed by atoms with Crippen molar-refractivity contribution in [3.05, 3.63) is 59.7 Å². The Bertz CT molecular complexity index is 821. The van der Waals surface area contributed by atoms with E-state index < -0.39 is 7.82 Å². The van der Waals surface area contributed by atoms with Gasteiger partial charge in [-0.15, -0.1) is 0 Å². The summed E-state index contributed by atoms with van der Waals surface area (Å²) in [5.41, 5.74) is 1.00. The van der Waals surface area contributed by atoms with E-state index in [9.17, 15) is 9.36 Å². The summed E-state index contributed by atoms with van der Waals surface area (Å²) in [6.45, 7) is 0. The van der Waals surface area contributed by atoms with Crippen LogP contribution in [0, 0.1) is 0 Å². The van der Waals surface area contributed by atoms with Crippen LogP contribution in [0.15, 0.2) is 48.5 Å². The van der Waals surface area contributed by atoms with E-state index in [0.29, 0.717) is 16.9 Å². The summed E-state index contributed by atoms with van der Waals surface area (Å²) < 4.78 is 25.6. The molecule has 132 valence electrons. The minimum Gasteiger partial charge on any atom is -0.497 e. The smallest absolute Gasteiger partial charge is 0.497 e. The van der Waals surface area contributed by atoms with Crippen molar-refractivity contribution in [1.82, 2.24) is 0 Å². The minimum atomic E-state index is -4.72. The summed E-state index contributed by atoms with van der Waals surface area (Å²) in [6, 6.07) is 11.1. The summed E-state index contributed by atoms with van der Waals surface area (Å²) in [7, 11) is -1.83. The third-order valence-corrected chi connectivity index (χ3v) is 3.64. The molecule has 0 aliphatic rings. The third kappa shape index (κ3) is 5.46. The second-order valence-electron chi connectivity index (χ2n) is 4.92. The maximum atomic E-state index is 12.1. The fourth-order valence-electron chi connectivity index (χ4n) is 2.02. The molecule has 0 unspecified atom stereocenters. The number of phosphoric acid groups is 1. The van der Waals surface area contributed by atoms with Gasteiger partial charge in [0.05, 0.1) is 14.2 Å². The van der Waals surface area contributed by atoms with Gasteiger partial charge in [-0.2, -0.15) is 0 Å². The summed E-state index contributed by atoms with van der Waals surface area (Å²) >= 11 is 0. The number of allylic oxidation sites excluding steroid dienone is 1. The zero-order chi connectivity index (χ0) is 18.4. The quantitative estimate of drug-likeness (QED) is 0.442. The molecule has 8 heteroatoms. The minimum absolute atomic E-state index is 0.116. The zero-order valence-electron chi connectivity index (χ0n) is 13.6. The second-order valence-corrected chi connectivity index (χ2v) is 6.08. The number of hydrogen-bond acceptors (Lipinski definition) is 5. The Kier molecular flexibility index (Phi) is 5.98. The maximum Gasteiger partial charge on any atom is 0.524 e. The first-order valence-electron chi connectivity index (χ1n) is 7.12. The Hall–Kier alpha value is -2.60. The number of benzene rings is 2. The molecule has 2 aromatic carbocycles. The molecule has 0 saturated heterocycles. The van der Waals surface area contributed by atoms with Crippen LogP contribution in [0.1, 0.15) is 15.9 Å². The second kappa shape index (κ2) is 7.98. The van der Waals surface area contributed by atoms with Crippen LogP contribution in [0.4, 0.5) is 0 Å². The molecular formula is C17H17O7P. The Labute approximate surface area is 144 Å². The molecule has 7 nitrogen and oxygen atoms in total. The van der Waals surface area contributed by atoms with Crippen molar-refractivity contribution in [2.24, 2.45) is 0 Å². The fourth-order valence-corrected chi connectivity index (χ4v) is 2.42. The number of carbonyl (C=O) groups excluding carboxylic acids is 1. The van der Waals surface area contributed by atoms with Gasteiger partial charge in [-0.05, 0) is 48.0 Å². The topological polar surface area (TPSA) is 102 Å². The highest BCUT2D eigenvalue weighted by atomic mass is 31.2. The van der Waals surface area contributed by atoms with E-state index in [1.165, 1.54) is 38.5 Å². The Morgan fingerprint density at radius 1 is 1.00 bits per heavy atom. The Balaban J connectivity index is 2.20. The monoisotopic (exact) mass is 364 g/mol. The number of carbonyl (C=O) groups is 1. The van der Waals surface area contributed by atoms with Crippen molar-refractivity contribution >= 4 is 19.7 Å². The van der Waals surface area contributed by atoms with E-state index in [4.69, 9.17) is 19.3 Å². The average molecular weight is 364 g/mol. The lowest BCUT2D eigenvalue weighted by molar-refractivity contribution is 0.104. The van der Waals surface area contributed by atoms with Gasteiger partial charge < -0.3 is 14.0 Å². The molecule has 0 heterocycles. The van der Waals surface area contributed by atoms with E-state index in [0.717, 1.165) is 0 Å². The van der Waals surface area contributed by atoms with Gasteiger partial charge in [-0.1, -0.05) is 12.1 Å². The highest BCUT2D eigenvalue weighted by Crippen LogP contribution is 2.42. The van der Waals surface area contributed by atoms with Crippen LogP contribution < -0.4 is 14.0 Å². The number of phosphoric ester groups is 1. The van der Waals surface area contributed by atoms with E-state index >= 15 is 0 Å². The number of hydrogen-bond donors (Lipinski definition) is 2. The molecule has 0 fully saturated rings. The molecule has 0 aromatic heterocycles. The molecule has 0 bridgehead atoms. The molecular weight excluding hydrogens is 347 g/mol. The van der Waals surface area contributed by atoms with E-state index in [1.54, 1.807) is 30.3 Å². The Morgan fingerprint density at radius 2 is 1.68 bits per heavy atom. The van der Waals surface area contributed by atoms with Crippen LogP contribution in [0.2, 0.25) is 0 Å². The van der Waals surface area contributed by atoms with Crippen molar-refractivity contribution in [2.75, 3.05) is 14.2 Å². The van der Waals surface area contributed by atoms with Gasteiger partial charge in [0.15, 0.2) is 17.3 Å². The Morgan fingerprint density at radius 3 is 2.24 bits per heavy atom. The molecule has 25 heavy (non-hydrogen) atoms. The number of ketones is 1. The van der Waals surface area contributed by atoms with E-state index in [2.05, 4.69) is 4.52 Å². The number of methoxy groups -OCH3 is 2. The fraction of sp³-hybridized carbons (Fsp3) is 0.118. The van der Waals surface area contributed by atoms with Crippen molar-refractivity contribution in [1.29, 1.82) is 0 Å². The van der Waals surface area contributed by atoms with Crippen molar-refractivity contribution < 1.29 is 33.1 Å². The molecule has 0 aliphatic heterocycles. The third-order valence-electron chi connectivity index (χ3n) is 3.21. The van der Waals surface area contributed by atoms with Gasteiger partial charge in [-0.25, -0.2) is 4.57 Å². The SMILES string of the molecule is COc1ccc(C(=O)/C=C/c2ccc(OC)c(OP(=O)(O)O)c2)cc1. The summed E-state index contributed by atoms with van der Waals surface area (Å²) in [4.78, 5) is 30.0. The lowest BCUT2D eigenvalue weighted by Crippen LogP contribution is -1.95. The zero-order valence-corrected chi connectivity index (χ0v) is 14.5. The lowest BCUT2D eigenvalue weighted by atomic mass is 10.1. The summed E-state index contributed by atoms with van der Waals surface area (Å²) in [5.74, 6) is 0.475. The highest BCUT2D eigenvalue weighted by Gasteiger charge is 2.19. The van der Waals surface area contributed by atoms with Gasteiger partial charge in [0.1, 0.15) is 5.75 Å². The van der Waals surface area contributed by atoms with Gasteiger partial charge >= 0.3 is 7.82 Å². The first-order valence-corrected chi connectivity index (χ1v) is 8.65. The first kappa shape index (κ1) is 18.7. The van der Waals surface area contributed by atoms with Crippen LogP contribution >= 0.6 is 7.82 Å². The van der Waals surface area contributed by atoms with Gasteiger partial charge in [0, 0.05) is 5.56 Å². The molecule has 0 spiro atoms. The molecule has 0 aliphatic carbocycles. The maximum absolute atomic E-state index is 12.1. The largest absolute Gasteiger partial charge is 0.524 e. The van der Waals surface area contributed by atoms with E-state index in [1.807, 2.05) is 0 Å². The van der Waals surface area contributed by atoms with E-state index in [-0.39, 0.29) is 17.3 Å². The van der Waals surface area contributed by atoms with Crippen LogP contribution in [0.3, 0.4) is 0 Å². The van der Waals surface area contributed by atoms with Crippen molar-refractivity contribution in [3.63, 3.8) is 0 Å². The molecule has 2 aromatic rings. The molecule has 0 saturated carbocycles. The average Bonchev–Trinajstić information content (AvgIpc) is 2.58. The highest BCUT2D eigenvalue weighted by molar-refractivity contribution is 7.46. The van der Waals surface area contributed by atoms with Crippen LogP contribution in [0.25, 0.3) is 6.08 Å². The molecule has 2 rings (SSSR count). The molecule has 0 atom stereocenters. The molecule has 0 radical (unpaired) electrons. The van der Waals surface area contributed by atoms with Gasteiger partial charge in [0.25, 0.3) is 0 Å². The summed E-state index contributed by atoms with van der Waals surface area (Å²) in [5, 5.41) is 0. The molecule has 0 amide bonds. The van der Waals surface area contributed by atoms with Crippen LogP contribution in [-0.2, 0) is 4.57 Å². The number of rotatable bonds is 7. The van der Waals surface area contributed by atoms with Crippen LogP contribution in [-0.4, -0.2) is 29.8 Å². The van der Waals surface area contributed by atoms with Gasteiger partial charge in [0.2, 0.25) is 0 Å². The normalized spacial score (nSPS) is 11.4. The van der Waals surface area contributed by atoms with Gasteiger partial charge in [-0.3, -0.25) is 14.6 Å². The van der Waals surface area contributed by atoms with Crippen LogP contribution in [0.5, 0.6) is 17.2 Å². The first-order chi connectivity index (χ1) is 11.8. The predicted octanol–water partition coefficient (Wildman–Crippen LogP) is 3.07. The summed E-state index contributed by atoms with van der Waals surface area (Å²) in [6.07, 6.45) is 2.86. The number of ether oxygens (including phenoxy) is 2. The standard InChI is InChI=1S/C17H17O7P/c1-22-14-7-5-13(6-8-14)15(18)9-3-12-4-10-16(23-2)17(11-12)24-25(19,20)21/h3-11H,1-2H3,(H2,19,20,21)/b9-3+. The van der Waals surface area contributed by atoms with Crippen molar-refractivity contribution in [2.45, 2.75) is 0 Å².